The second kappa shape index (κ2) is 7.40. The molecule has 2 rings (SSSR count). The lowest BCUT2D eigenvalue weighted by Crippen LogP contribution is -2.30. The van der Waals surface area contributed by atoms with Crippen molar-refractivity contribution in [1.82, 2.24) is 5.32 Å². The number of carbonyl (C=O) groups excluding carboxylic acids is 2. The van der Waals surface area contributed by atoms with E-state index in [1.807, 2.05) is 0 Å². The van der Waals surface area contributed by atoms with Crippen LogP contribution in [0.4, 0.5) is 10.1 Å². The number of hydrogen-bond acceptors (Lipinski definition) is 3. The van der Waals surface area contributed by atoms with Crippen LogP contribution in [0.15, 0.2) is 42.5 Å². The zero-order chi connectivity index (χ0) is 16.8. The lowest BCUT2D eigenvalue weighted by atomic mass is 10.1. The van der Waals surface area contributed by atoms with E-state index in [4.69, 9.17) is 5.73 Å². The molecule has 0 radical (unpaired) electrons. The molecule has 6 heteroatoms. The van der Waals surface area contributed by atoms with Crippen molar-refractivity contribution in [3.05, 3.63) is 65.0 Å². The van der Waals surface area contributed by atoms with Gasteiger partial charge >= 0.3 is 0 Å². The second-order valence-corrected chi connectivity index (χ2v) is 5.12. The Balaban J connectivity index is 1.88. The van der Waals surface area contributed by atoms with Gasteiger partial charge in [-0.15, -0.1) is 0 Å². The van der Waals surface area contributed by atoms with Gasteiger partial charge in [0.1, 0.15) is 5.82 Å². The summed E-state index contributed by atoms with van der Waals surface area (Å²) in [5.41, 5.74) is 7.45. The van der Waals surface area contributed by atoms with Crippen molar-refractivity contribution in [2.24, 2.45) is 5.73 Å². The fraction of sp³-hybridized carbons (Fsp3) is 0.176. The summed E-state index contributed by atoms with van der Waals surface area (Å²) in [7, 11) is 0. The molecule has 0 heterocycles. The van der Waals surface area contributed by atoms with Gasteiger partial charge < -0.3 is 16.4 Å². The van der Waals surface area contributed by atoms with Crippen LogP contribution < -0.4 is 16.4 Å². The van der Waals surface area contributed by atoms with Crippen molar-refractivity contribution in [2.75, 3.05) is 11.9 Å². The molecular formula is C17H18FN3O2. The molecule has 0 unspecified atom stereocenters. The molecule has 0 saturated heterocycles. The van der Waals surface area contributed by atoms with Crippen LogP contribution in [0.1, 0.15) is 21.5 Å². The van der Waals surface area contributed by atoms with E-state index in [9.17, 15) is 14.0 Å². The van der Waals surface area contributed by atoms with Crippen LogP contribution in [0, 0.1) is 12.7 Å². The molecule has 4 N–H and O–H groups in total. The molecule has 0 bridgehead atoms. The Bertz CT molecular complexity index is 732. The zero-order valence-corrected chi connectivity index (χ0v) is 12.7. The van der Waals surface area contributed by atoms with Gasteiger partial charge in [0.2, 0.25) is 5.91 Å². The van der Waals surface area contributed by atoms with Crippen molar-refractivity contribution < 1.29 is 14.0 Å². The Morgan fingerprint density at radius 2 is 1.91 bits per heavy atom. The van der Waals surface area contributed by atoms with Gasteiger partial charge in [-0.2, -0.15) is 0 Å². The highest BCUT2D eigenvalue weighted by Gasteiger charge is 2.08. The first-order valence-electron chi connectivity index (χ1n) is 7.12. The van der Waals surface area contributed by atoms with Crippen LogP contribution in [0.3, 0.4) is 0 Å². The maximum Gasteiger partial charge on any atom is 0.250 e. The summed E-state index contributed by atoms with van der Waals surface area (Å²) in [6.45, 7) is 1.98. The van der Waals surface area contributed by atoms with Crippen molar-refractivity contribution in [2.45, 2.75) is 13.5 Å². The molecule has 0 saturated carbocycles. The number of carbonyl (C=O) groups is 2. The molecule has 0 aliphatic heterocycles. The minimum Gasteiger partial charge on any atom is -0.376 e. The Morgan fingerprint density at radius 1 is 1.17 bits per heavy atom. The Morgan fingerprint density at radius 3 is 2.61 bits per heavy atom. The van der Waals surface area contributed by atoms with Crippen molar-refractivity contribution in [3.8, 4) is 0 Å². The molecule has 0 spiro atoms. The fourth-order valence-corrected chi connectivity index (χ4v) is 2.11. The lowest BCUT2D eigenvalue weighted by Gasteiger charge is -2.10. The molecule has 0 aromatic heterocycles. The number of hydrogen-bond donors (Lipinski definition) is 3. The third-order valence-electron chi connectivity index (χ3n) is 3.34. The van der Waals surface area contributed by atoms with Crippen molar-refractivity contribution in [3.63, 3.8) is 0 Å². The van der Waals surface area contributed by atoms with Gasteiger partial charge in [-0.3, -0.25) is 9.59 Å². The number of nitrogens with two attached hydrogens (primary N) is 1. The standard InChI is InChI=1S/C17H18FN3O2/c1-11-8-12(6-7-14(11)18)9-21-16(22)10-20-15-5-3-2-4-13(15)17(19)23/h2-8,20H,9-10H2,1H3,(H2,19,23)(H,21,22). The Hall–Kier alpha value is -2.89. The lowest BCUT2D eigenvalue weighted by molar-refractivity contribution is -0.119. The number of rotatable bonds is 6. The van der Waals surface area contributed by atoms with E-state index in [0.29, 0.717) is 23.4 Å². The minimum absolute atomic E-state index is 0.00443. The number of halogens is 1. The largest absolute Gasteiger partial charge is 0.376 e. The van der Waals surface area contributed by atoms with Gasteiger partial charge in [0.05, 0.1) is 12.1 Å². The molecular weight excluding hydrogens is 297 g/mol. The average molecular weight is 315 g/mol. The molecule has 2 amide bonds. The van der Waals surface area contributed by atoms with Crippen LogP contribution in [0.2, 0.25) is 0 Å². The number of para-hydroxylation sites is 1. The monoisotopic (exact) mass is 315 g/mol. The topological polar surface area (TPSA) is 84.2 Å². The highest BCUT2D eigenvalue weighted by atomic mass is 19.1. The molecule has 5 nitrogen and oxygen atoms in total. The van der Waals surface area contributed by atoms with Crippen LogP contribution in [-0.2, 0) is 11.3 Å². The quantitative estimate of drug-likeness (QED) is 0.762. The number of anilines is 1. The first kappa shape index (κ1) is 16.5. The molecule has 0 atom stereocenters. The zero-order valence-electron chi connectivity index (χ0n) is 12.7. The highest BCUT2D eigenvalue weighted by Crippen LogP contribution is 2.13. The first-order valence-corrected chi connectivity index (χ1v) is 7.12. The van der Waals surface area contributed by atoms with E-state index < -0.39 is 5.91 Å². The summed E-state index contributed by atoms with van der Waals surface area (Å²) in [6.07, 6.45) is 0. The maximum atomic E-state index is 13.2. The minimum atomic E-state index is -0.560. The van der Waals surface area contributed by atoms with E-state index in [-0.39, 0.29) is 18.3 Å². The number of amides is 2. The predicted molar refractivity (Wildman–Crippen MR) is 86.4 cm³/mol. The average Bonchev–Trinajstić information content (AvgIpc) is 2.54. The smallest absolute Gasteiger partial charge is 0.250 e. The summed E-state index contributed by atoms with van der Waals surface area (Å²) in [5.74, 6) is -1.08. The fourth-order valence-electron chi connectivity index (χ4n) is 2.11. The van der Waals surface area contributed by atoms with Crippen LogP contribution >= 0.6 is 0 Å². The summed E-state index contributed by atoms with van der Waals surface area (Å²) in [4.78, 5) is 23.1. The van der Waals surface area contributed by atoms with Crippen molar-refractivity contribution >= 4 is 17.5 Å². The Labute approximate surface area is 133 Å². The third-order valence-corrected chi connectivity index (χ3v) is 3.34. The number of benzene rings is 2. The molecule has 0 aliphatic carbocycles. The van der Waals surface area contributed by atoms with Gasteiger partial charge in [-0.05, 0) is 36.2 Å². The van der Waals surface area contributed by atoms with E-state index in [2.05, 4.69) is 10.6 Å². The van der Waals surface area contributed by atoms with Gasteiger partial charge in [-0.1, -0.05) is 24.3 Å². The van der Waals surface area contributed by atoms with E-state index in [0.717, 1.165) is 5.56 Å². The molecule has 2 aromatic carbocycles. The molecule has 23 heavy (non-hydrogen) atoms. The summed E-state index contributed by atoms with van der Waals surface area (Å²) in [5, 5.41) is 5.60. The summed E-state index contributed by atoms with van der Waals surface area (Å²) in [6, 6.07) is 11.4. The van der Waals surface area contributed by atoms with E-state index >= 15 is 0 Å². The summed E-state index contributed by atoms with van der Waals surface area (Å²) < 4.78 is 13.2. The predicted octanol–water partition coefficient (Wildman–Crippen LogP) is 1.96. The SMILES string of the molecule is Cc1cc(CNC(=O)CNc2ccccc2C(N)=O)ccc1F. The summed E-state index contributed by atoms with van der Waals surface area (Å²) >= 11 is 0. The first-order chi connectivity index (χ1) is 11.0. The van der Waals surface area contributed by atoms with Crippen LogP contribution in [0.5, 0.6) is 0 Å². The highest BCUT2D eigenvalue weighted by molar-refractivity contribution is 5.98. The van der Waals surface area contributed by atoms with Crippen LogP contribution in [-0.4, -0.2) is 18.4 Å². The second-order valence-electron chi connectivity index (χ2n) is 5.12. The van der Waals surface area contributed by atoms with E-state index in [1.54, 1.807) is 43.3 Å². The van der Waals surface area contributed by atoms with Gasteiger partial charge in [0, 0.05) is 12.2 Å². The van der Waals surface area contributed by atoms with Crippen LogP contribution in [0.25, 0.3) is 0 Å². The number of primary amides is 1. The van der Waals surface area contributed by atoms with Gasteiger partial charge in [0.15, 0.2) is 0 Å². The number of nitrogens with one attached hydrogen (secondary N) is 2. The van der Waals surface area contributed by atoms with E-state index in [1.165, 1.54) is 6.07 Å². The normalized spacial score (nSPS) is 10.2. The van der Waals surface area contributed by atoms with Gasteiger partial charge in [-0.25, -0.2) is 4.39 Å². The molecule has 0 aliphatic rings. The third kappa shape index (κ3) is 4.54. The number of aryl methyl sites for hydroxylation is 1. The Kier molecular flexibility index (Phi) is 5.30. The molecule has 2 aromatic rings. The molecule has 0 fully saturated rings. The van der Waals surface area contributed by atoms with Gasteiger partial charge in [0.25, 0.3) is 5.91 Å². The molecule has 120 valence electrons. The van der Waals surface area contributed by atoms with Crippen molar-refractivity contribution in [1.29, 1.82) is 0 Å². The maximum absolute atomic E-state index is 13.2.